The van der Waals surface area contributed by atoms with Crippen molar-refractivity contribution in [2.45, 2.75) is 0 Å². The minimum absolute atomic E-state index is 0.630. The van der Waals surface area contributed by atoms with E-state index < -0.39 is 0 Å². The molecule has 0 aromatic heterocycles. The summed E-state index contributed by atoms with van der Waals surface area (Å²) in [6.07, 6.45) is 4.76. The molecule has 0 saturated heterocycles. The third-order valence-electron chi connectivity index (χ3n) is 1.23. The number of nitrogens with zero attached hydrogens (tertiary/aromatic N) is 1. The zero-order chi connectivity index (χ0) is 10.8. The average molecular weight is 213 g/mol. The Morgan fingerprint density at radius 2 is 2.14 bits per heavy atom. The van der Waals surface area contributed by atoms with Gasteiger partial charge in [-0.3, -0.25) is 0 Å². The molecule has 0 aromatic rings. The Kier molecular flexibility index (Phi) is 7.74. The largest absolute Gasteiger partial charge is 0.494 e. The summed E-state index contributed by atoms with van der Waals surface area (Å²) in [5, 5.41) is 0.726. The molecule has 0 aliphatic heterocycles. The summed E-state index contributed by atoms with van der Waals surface area (Å²) in [6, 6.07) is 0. The number of allylic oxidation sites excluding steroid dienone is 1. The first-order chi connectivity index (χ1) is 6.79. The van der Waals surface area contributed by atoms with Crippen LogP contribution >= 0.6 is 11.8 Å². The van der Waals surface area contributed by atoms with E-state index in [1.165, 1.54) is 18.2 Å². The number of hydrogen-bond donors (Lipinski definition) is 0. The van der Waals surface area contributed by atoms with Gasteiger partial charge in [0.25, 0.3) is 0 Å². The highest BCUT2D eigenvalue weighted by atomic mass is 32.2. The highest BCUT2D eigenvalue weighted by Crippen LogP contribution is 2.22. The van der Waals surface area contributed by atoms with E-state index in [9.17, 15) is 0 Å². The average Bonchev–Trinajstić information content (AvgIpc) is 2.22. The Morgan fingerprint density at radius 3 is 2.57 bits per heavy atom. The maximum atomic E-state index is 5.09. The van der Waals surface area contributed by atoms with Gasteiger partial charge in [-0.15, -0.1) is 6.58 Å². The minimum Gasteiger partial charge on any atom is -0.494 e. The third kappa shape index (κ3) is 4.77. The molecule has 14 heavy (non-hydrogen) atoms. The lowest BCUT2D eigenvalue weighted by Crippen LogP contribution is -1.89. The van der Waals surface area contributed by atoms with Crippen LogP contribution in [0.15, 0.2) is 41.1 Å². The van der Waals surface area contributed by atoms with Crippen molar-refractivity contribution >= 4 is 18.2 Å². The fourth-order valence-corrected chi connectivity index (χ4v) is 1.37. The Bertz CT molecular complexity index is 247. The van der Waals surface area contributed by atoms with E-state index in [0.29, 0.717) is 5.76 Å². The number of thioether (sulfide) groups is 1. The quantitative estimate of drug-likeness (QED) is 0.214. The predicted molar refractivity (Wildman–Crippen MR) is 62.4 cm³/mol. The maximum Gasteiger partial charge on any atom is 0.174 e. The predicted octanol–water partition coefficient (Wildman–Crippen LogP) is 2.58. The molecule has 0 fully saturated rings. The zero-order valence-corrected chi connectivity index (χ0v) is 9.34. The first kappa shape index (κ1) is 12.8. The molecule has 0 atom stereocenters. The number of methoxy groups -OCH3 is 2. The van der Waals surface area contributed by atoms with Crippen LogP contribution in [0.1, 0.15) is 0 Å². The smallest absolute Gasteiger partial charge is 0.174 e. The lowest BCUT2D eigenvalue weighted by molar-refractivity contribution is 0.304. The van der Waals surface area contributed by atoms with Crippen molar-refractivity contribution < 1.29 is 9.47 Å². The van der Waals surface area contributed by atoms with Crippen molar-refractivity contribution in [3.05, 3.63) is 36.1 Å². The van der Waals surface area contributed by atoms with Crippen molar-refractivity contribution in [3.8, 4) is 0 Å². The van der Waals surface area contributed by atoms with Gasteiger partial charge in [0.1, 0.15) is 5.03 Å². The Morgan fingerprint density at radius 1 is 1.43 bits per heavy atom. The molecular formula is C10H15NO2S. The van der Waals surface area contributed by atoms with Crippen molar-refractivity contribution in [2.24, 2.45) is 4.99 Å². The summed E-state index contributed by atoms with van der Waals surface area (Å²) < 4.78 is 9.83. The second kappa shape index (κ2) is 8.44. The molecule has 3 nitrogen and oxygen atoms in total. The third-order valence-corrected chi connectivity index (χ3v) is 2.21. The van der Waals surface area contributed by atoms with Crippen LogP contribution in [0.25, 0.3) is 0 Å². The summed E-state index contributed by atoms with van der Waals surface area (Å²) >= 11 is 1.51. The lowest BCUT2D eigenvalue weighted by Gasteiger charge is -2.04. The van der Waals surface area contributed by atoms with Crippen molar-refractivity contribution in [3.63, 3.8) is 0 Å². The fourth-order valence-electron chi connectivity index (χ4n) is 0.668. The molecule has 0 N–H and O–H groups in total. The first-order valence-electron chi connectivity index (χ1n) is 3.99. The fraction of sp³-hybridized carbons (Fsp3) is 0.300. The molecule has 0 spiro atoms. The molecule has 0 amide bonds. The van der Waals surface area contributed by atoms with Gasteiger partial charge in [0.2, 0.25) is 0 Å². The second-order valence-corrected chi connectivity index (χ2v) is 3.16. The molecule has 0 rings (SSSR count). The van der Waals surface area contributed by atoms with E-state index in [1.54, 1.807) is 26.4 Å². The minimum atomic E-state index is 0.630. The molecule has 0 unspecified atom stereocenters. The second-order valence-electron chi connectivity index (χ2n) is 2.15. The van der Waals surface area contributed by atoms with Crippen LogP contribution in [0.3, 0.4) is 0 Å². The number of rotatable bonds is 7. The van der Waals surface area contributed by atoms with Gasteiger partial charge in [-0.1, -0.05) is 24.4 Å². The van der Waals surface area contributed by atoms with E-state index >= 15 is 0 Å². The van der Waals surface area contributed by atoms with Gasteiger partial charge in [0.15, 0.2) is 12.2 Å². The van der Waals surface area contributed by atoms with E-state index in [-0.39, 0.29) is 0 Å². The van der Waals surface area contributed by atoms with Crippen LogP contribution in [0.4, 0.5) is 0 Å². The van der Waals surface area contributed by atoms with Crippen molar-refractivity contribution in [2.75, 3.05) is 20.0 Å². The van der Waals surface area contributed by atoms with Gasteiger partial charge in [-0.25, -0.2) is 4.99 Å². The van der Waals surface area contributed by atoms with Crippen LogP contribution in [0.5, 0.6) is 0 Å². The van der Waals surface area contributed by atoms with Gasteiger partial charge in [-0.2, -0.15) is 0 Å². The molecule has 0 saturated carbocycles. The van der Waals surface area contributed by atoms with Gasteiger partial charge in [-0.05, 0) is 6.08 Å². The highest BCUT2D eigenvalue weighted by Gasteiger charge is 2.02. The monoisotopic (exact) mass is 213 g/mol. The summed E-state index contributed by atoms with van der Waals surface area (Å²) in [6.45, 7) is 7.26. The summed E-state index contributed by atoms with van der Waals surface area (Å²) in [7, 11) is 3.12. The lowest BCUT2D eigenvalue weighted by atomic mass is 10.5. The molecule has 0 aliphatic rings. The molecule has 4 heteroatoms. The number of hydrogen-bond acceptors (Lipinski definition) is 4. The molecule has 0 aliphatic carbocycles. The summed E-state index contributed by atoms with van der Waals surface area (Å²) in [4.78, 5) is 4.07. The molecule has 0 heterocycles. The van der Waals surface area contributed by atoms with Gasteiger partial charge >= 0.3 is 0 Å². The number of aliphatic imine (C=N–C) groups is 1. The Hall–Kier alpha value is -1.16. The van der Waals surface area contributed by atoms with Gasteiger partial charge in [0, 0.05) is 5.75 Å². The topological polar surface area (TPSA) is 30.8 Å². The van der Waals surface area contributed by atoms with E-state index in [0.717, 1.165) is 10.8 Å². The normalized spacial score (nSPS) is 12.1. The Balaban J connectivity index is 4.65. The Labute approximate surface area is 89.2 Å². The van der Waals surface area contributed by atoms with Crippen LogP contribution in [0.2, 0.25) is 0 Å². The molecule has 0 bridgehead atoms. The zero-order valence-electron chi connectivity index (χ0n) is 8.53. The maximum absolute atomic E-state index is 5.09. The molecular weight excluding hydrogens is 198 g/mol. The van der Waals surface area contributed by atoms with Gasteiger partial charge in [0.05, 0.1) is 14.2 Å². The van der Waals surface area contributed by atoms with E-state index in [1.807, 2.05) is 0 Å². The van der Waals surface area contributed by atoms with Gasteiger partial charge < -0.3 is 9.47 Å². The standard InChI is InChI=1S/C10H15NO2S/c1-5-7-14-10(11-8-12-3)9(6-2)13-4/h5-6,8H,1-2,7H2,3-4H3/b10-9-,11-8+. The number of ether oxygens (including phenoxy) is 2. The van der Waals surface area contributed by atoms with Crippen LogP contribution in [-0.4, -0.2) is 26.4 Å². The molecule has 0 aromatic carbocycles. The van der Waals surface area contributed by atoms with E-state index in [2.05, 4.69) is 18.2 Å². The van der Waals surface area contributed by atoms with Crippen LogP contribution in [-0.2, 0) is 9.47 Å². The molecule has 78 valence electrons. The first-order valence-corrected chi connectivity index (χ1v) is 4.98. The summed E-state index contributed by atoms with van der Waals surface area (Å²) in [5.41, 5.74) is 0. The molecule has 0 radical (unpaired) electrons. The highest BCUT2D eigenvalue weighted by molar-refractivity contribution is 8.03. The van der Waals surface area contributed by atoms with Crippen LogP contribution in [0, 0.1) is 0 Å². The van der Waals surface area contributed by atoms with Crippen molar-refractivity contribution in [1.82, 2.24) is 0 Å². The van der Waals surface area contributed by atoms with E-state index in [4.69, 9.17) is 9.47 Å². The van der Waals surface area contributed by atoms with Crippen molar-refractivity contribution in [1.29, 1.82) is 0 Å². The van der Waals surface area contributed by atoms with Crippen LogP contribution < -0.4 is 0 Å². The summed E-state index contributed by atoms with van der Waals surface area (Å²) in [5.74, 6) is 1.39. The SMILES string of the molecule is C=CCSC(/N=C/OC)=C(/C=C)OC.